The lowest BCUT2D eigenvalue weighted by atomic mass is 10.3. The zero-order valence-electron chi connectivity index (χ0n) is 9.35. The second-order valence-electron chi connectivity index (χ2n) is 2.89. The fraction of sp³-hybridized carbons (Fsp3) is 0.250. The van der Waals surface area contributed by atoms with Gasteiger partial charge in [0.25, 0.3) is 0 Å². The standard InChI is InChI=1S/C8H12N6O3/c1-10-11(2)13(9)17-14(16)12(15)8-6-4-3-5-7-8/h3-7,9H,1-2H3/q-4. The average molecular weight is 240 g/mol. The van der Waals surface area contributed by atoms with E-state index in [1.54, 1.807) is 18.2 Å². The third-order valence-electron chi connectivity index (χ3n) is 1.82. The maximum atomic E-state index is 11.4. The number of rotatable bonds is 6. The van der Waals surface area contributed by atoms with Crippen LogP contribution in [0.2, 0.25) is 0 Å². The minimum absolute atomic E-state index is 0.0367. The maximum Gasteiger partial charge on any atom is 0.0417 e. The molecule has 1 aromatic rings. The molecular weight excluding hydrogens is 228 g/mol. The number of hydrogen-bond acceptors (Lipinski definition) is 7. The van der Waals surface area contributed by atoms with Crippen molar-refractivity contribution in [1.29, 1.82) is 0 Å². The van der Waals surface area contributed by atoms with Gasteiger partial charge in [0.2, 0.25) is 0 Å². The summed E-state index contributed by atoms with van der Waals surface area (Å²) < 4.78 is 0. The van der Waals surface area contributed by atoms with E-state index in [0.29, 0.717) is 0 Å². The predicted octanol–water partition coefficient (Wildman–Crippen LogP) is 1.59. The van der Waals surface area contributed by atoms with E-state index in [9.17, 15) is 10.4 Å². The summed E-state index contributed by atoms with van der Waals surface area (Å²) in [5.74, 6) is 7.20. The van der Waals surface area contributed by atoms with E-state index in [-0.39, 0.29) is 21.5 Å². The van der Waals surface area contributed by atoms with Crippen LogP contribution in [0.15, 0.2) is 30.3 Å². The van der Waals surface area contributed by atoms with Gasteiger partial charge < -0.3 is 32.0 Å². The second-order valence-corrected chi connectivity index (χ2v) is 2.89. The minimum atomic E-state index is -0.371. The average Bonchev–Trinajstić information content (AvgIpc) is 2.37. The summed E-state index contributed by atoms with van der Waals surface area (Å²) >= 11 is 0. The van der Waals surface area contributed by atoms with Gasteiger partial charge in [-0.25, -0.2) is 10.2 Å². The van der Waals surface area contributed by atoms with Gasteiger partial charge in [-0.05, 0) is 19.2 Å². The molecule has 9 nitrogen and oxygen atoms in total. The van der Waals surface area contributed by atoms with Gasteiger partial charge in [0.1, 0.15) is 0 Å². The Bertz CT molecular complexity index is 326. The Labute approximate surface area is 98.5 Å². The lowest BCUT2D eigenvalue weighted by molar-refractivity contribution is -0.346. The molecule has 0 fully saturated rings. The van der Waals surface area contributed by atoms with Crippen molar-refractivity contribution in [2.75, 3.05) is 19.3 Å². The first-order valence-corrected chi connectivity index (χ1v) is 4.58. The number of nitrogens with one attached hydrogen (secondary N) is 1. The summed E-state index contributed by atoms with van der Waals surface area (Å²) in [6.45, 7) is 0. The molecule has 0 aliphatic rings. The molecule has 1 aromatic carbocycles. The van der Waals surface area contributed by atoms with Crippen LogP contribution in [0.5, 0.6) is 0 Å². The van der Waals surface area contributed by atoms with Crippen LogP contribution in [0.4, 0.5) is 5.69 Å². The highest BCUT2D eigenvalue weighted by Gasteiger charge is 1.99. The number of hydrazine groups is 2. The number of hydrogen-bond donors (Lipinski definition) is 0. The van der Waals surface area contributed by atoms with Gasteiger partial charge in [-0.15, -0.1) is 0 Å². The third-order valence-corrected chi connectivity index (χ3v) is 1.82. The predicted molar refractivity (Wildman–Crippen MR) is 61.8 cm³/mol. The smallest absolute Gasteiger partial charge is 0.0417 e. The molecule has 0 heterocycles. The van der Waals surface area contributed by atoms with E-state index < -0.39 is 0 Å². The van der Waals surface area contributed by atoms with Gasteiger partial charge in [0.05, 0.1) is 0 Å². The van der Waals surface area contributed by atoms with Crippen molar-refractivity contribution in [2.24, 2.45) is 0 Å². The van der Waals surface area contributed by atoms with Crippen LogP contribution >= 0.6 is 0 Å². The molecule has 0 radical (unpaired) electrons. The summed E-state index contributed by atoms with van der Waals surface area (Å²) in [4.78, 5) is 4.34. The van der Waals surface area contributed by atoms with Crippen LogP contribution < -0.4 is 5.17 Å². The highest BCUT2D eigenvalue weighted by Crippen LogP contribution is 2.15. The van der Waals surface area contributed by atoms with Gasteiger partial charge >= 0.3 is 0 Å². The Morgan fingerprint density at radius 1 is 1.24 bits per heavy atom. The van der Waals surface area contributed by atoms with Crippen molar-refractivity contribution >= 4 is 5.69 Å². The molecule has 0 amide bonds. The number of anilines is 1. The Kier molecular flexibility index (Phi) is 5.21. The van der Waals surface area contributed by atoms with Crippen molar-refractivity contribution in [1.82, 2.24) is 15.7 Å². The first-order valence-electron chi connectivity index (χ1n) is 4.58. The van der Waals surface area contributed by atoms with Crippen molar-refractivity contribution < 1.29 is 4.94 Å². The first-order chi connectivity index (χ1) is 8.06. The summed E-state index contributed by atoms with van der Waals surface area (Å²) in [5, 5.41) is 23.5. The van der Waals surface area contributed by atoms with Crippen LogP contribution in [0, 0.1) is 10.4 Å². The van der Waals surface area contributed by atoms with E-state index >= 15 is 0 Å². The van der Waals surface area contributed by atoms with Crippen molar-refractivity contribution in [2.45, 2.75) is 0 Å². The van der Waals surface area contributed by atoms with Gasteiger partial charge in [-0.2, -0.15) is 12.4 Å². The normalized spacial score (nSPS) is 11.5. The molecule has 1 rings (SSSR count). The molecule has 1 N–H and O–H groups in total. The Balaban J connectivity index is 2.56. The van der Waals surface area contributed by atoms with Gasteiger partial charge in [0.15, 0.2) is 0 Å². The maximum absolute atomic E-state index is 11.4. The molecule has 9 heteroatoms. The number of benzene rings is 1. The highest BCUT2D eigenvalue weighted by atomic mass is 17.1. The van der Waals surface area contributed by atoms with E-state index in [1.165, 1.54) is 26.2 Å². The molecule has 17 heavy (non-hydrogen) atoms. The molecule has 0 unspecified atom stereocenters. The molecule has 0 spiro atoms. The summed E-state index contributed by atoms with van der Waals surface area (Å²) in [5.41, 5.74) is 3.62. The second kappa shape index (κ2) is 6.44. The monoisotopic (exact) mass is 240 g/mol. The Morgan fingerprint density at radius 2 is 1.82 bits per heavy atom. The zero-order valence-corrected chi connectivity index (χ0v) is 9.35. The fourth-order valence-corrected chi connectivity index (χ4v) is 0.883. The van der Waals surface area contributed by atoms with Gasteiger partial charge in [-0.1, -0.05) is 18.2 Å². The Hall–Kier alpha value is -1.30. The molecule has 0 aliphatic heterocycles. The lowest BCUT2D eigenvalue weighted by Gasteiger charge is -2.51. The minimum Gasteiger partial charge on any atom is -0.742 e. The molecule has 0 aliphatic carbocycles. The van der Waals surface area contributed by atoms with E-state index in [1.807, 2.05) is 0 Å². The molecular formula is C8H12N6O3-4. The fourth-order valence-electron chi connectivity index (χ4n) is 0.883. The van der Waals surface area contributed by atoms with Crippen LogP contribution in [-0.4, -0.2) is 29.8 Å². The van der Waals surface area contributed by atoms with Crippen molar-refractivity contribution in [3.05, 3.63) is 52.0 Å². The molecule has 96 valence electrons. The van der Waals surface area contributed by atoms with E-state index in [4.69, 9.17) is 5.84 Å². The van der Waals surface area contributed by atoms with Gasteiger partial charge in [0, 0.05) is 5.69 Å². The van der Waals surface area contributed by atoms with Crippen molar-refractivity contribution in [3.63, 3.8) is 0 Å². The number of nitrogens with zero attached hydrogens (tertiary/aromatic N) is 5. The van der Waals surface area contributed by atoms with Crippen LogP contribution in [-0.2, 0) is 4.94 Å². The summed E-state index contributed by atoms with van der Waals surface area (Å²) in [7, 11) is 2.77. The molecule has 0 saturated heterocycles. The highest BCUT2D eigenvalue weighted by molar-refractivity contribution is 5.45. The van der Waals surface area contributed by atoms with Crippen molar-refractivity contribution in [3.8, 4) is 0 Å². The largest absolute Gasteiger partial charge is 0.742 e. The van der Waals surface area contributed by atoms with E-state index in [2.05, 4.69) is 10.4 Å². The van der Waals surface area contributed by atoms with E-state index in [0.717, 1.165) is 5.12 Å². The van der Waals surface area contributed by atoms with Crippen LogP contribution in [0.25, 0.3) is 11.3 Å². The SMILES string of the molecule is C[N-]N(C)N([NH-])ON([O-])N([O-])c1ccccc1. The number of para-hydroxylation sites is 1. The quantitative estimate of drug-likeness (QED) is 0.694. The zero-order chi connectivity index (χ0) is 12.8. The lowest BCUT2D eigenvalue weighted by Crippen LogP contribution is -2.42. The topological polar surface area (TPSA) is 106 Å². The first kappa shape index (κ1) is 13.8. The molecule has 0 aromatic heterocycles. The summed E-state index contributed by atoms with van der Waals surface area (Å²) in [6.07, 6.45) is 0. The Morgan fingerprint density at radius 3 is 2.35 bits per heavy atom. The molecule has 0 atom stereocenters. The van der Waals surface area contributed by atoms with Crippen LogP contribution in [0.1, 0.15) is 0 Å². The third kappa shape index (κ3) is 3.89. The summed E-state index contributed by atoms with van der Waals surface area (Å²) in [6, 6.07) is 7.76. The van der Waals surface area contributed by atoms with Crippen LogP contribution in [0.3, 0.4) is 0 Å². The van der Waals surface area contributed by atoms with Gasteiger partial charge in [-0.3, -0.25) is 0 Å². The molecule has 0 bridgehead atoms. The molecule has 0 saturated carbocycles.